The molecule has 0 spiro atoms. The fourth-order valence-electron chi connectivity index (χ4n) is 1.36. The van der Waals surface area contributed by atoms with Crippen LogP contribution in [-0.2, 0) is 18.3 Å². The van der Waals surface area contributed by atoms with Crippen molar-refractivity contribution in [3.63, 3.8) is 0 Å². The van der Waals surface area contributed by atoms with Gasteiger partial charge in [-0.3, -0.25) is 0 Å². The standard InChI is InChI=1S/C10H24O4Si2/c1-15(2,3)13-9-10(12-8-7-11-9)14-16(4,5)6/h9-10H,7-8H2,1-6H3/t9-,10-/m1/s1. The number of hydrogen-bond donors (Lipinski definition) is 0. The average Bonchev–Trinajstić information content (AvgIpc) is 2.03. The summed E-state index contributed by atoms with van der Waals surface area (Å²) in [6.45, 7) is 14.0. The highest BCUT2D eigenvalue weighted by atomic mass is 28.4. The van der Waals surface area contributed by atoms with E-state index in [0.29, 0.717) is 13.2 Å². The van der Waals surface area contributed by atoms with Crippen LogP contribution in [0.2, 0.25) is 39.3 Å². The van der Waals surface area contributed by atoms with Crippen LogP contribution in [0.4, 0.5) is 0 Å². The number of hydrogen-bond acceptors (Lipinski definition) is 4. The van der Waals surface area contributed by atoms with Crippen LogP contribution in [0.5, 0.6) is 0 Å². The minimum absolute atomic E-state index is 0.354. The lowest BCUT2D eigenvalue weighted by Gasteiger charge is -2.38. The van der Waals surface area contributed by atoms with Gasteiger partial charge in [-0.05, 0) is 39.3 Å². The zero-order valence-corrected chi connectivity index (χ0v) is 13.2. The predicted octanol–water partition coefficient (Wildman–Crippen LogP) is 2.39. The van der Waals surface area contributed by atoms with Gasteiger partial charge in [0.1, 0.15) is 0 Å². The van der Waals surface area contributed by atoms with E-state index in [1.807, 2.05) is 0 Å². The van der Waals surface area contributed by atoms with E-state index in [1.54, 1.807) is 0 Å². The molecule has 1 heterocycles. The highest BCUT2D eigenvalue weighted by Gasteiger charge is 2.35. The molecule has 0 bridgehead atoms. The summed E-state index contributed by atoms with van der Waals surface area (Å²) in [4.78, 5) is 0. The van der Waals surface area contributed by atoms with Crippen molar-refractivity contribution < 1.29 is 18.3 Å². The highest BCUT2D eigenvalue weighted by Crippen LogP contribution is 2.21. The van der Waals surface area contributed by atoms with Crippen molar-refractivity contribution >= 4 is 16.6 Å². The maximum atomic E-state index is 5.93. The summed E-state index contributed by atoms with van der Waals surface area (Å²) in [6, 6.07) is 0. The molecule has 16 heavy (non-hydrogen) atoms. The predicted molar refractivity (Wildman–Crippen MR) is 68.3 cm³/mol. The van der Waals surface area contributed by atoms with Crippen molar-refractivity contribution in [2.45, 2.75) is 51.9 Å². The van der Waals surface area contributed by atoms with Gasteiger partial charge < -0.3 is 18.3 Å². The molecule has 4 nitrogen and oxygen atoms in total. The van der Waals surface area contributed by atoms with Crippen LogP contribution >= 0.6 is 0 Å². The van der Waals surface area contributed by atoms with E-state index < -0.39 is 16.6 Å². The molecule has 1 fully saturated rings. The lowest BCUT2D eigenvalue weighted by atomic mass is 10.5. The average molecular weight is 264 g/mol. The first-order valence-corrected chi connectivity index (χ1v) is 12.6. The molecule has 0 aromatic carbocycles. The molecule has 0 unspecified atom stereocenters. The molecule has 2 atom stereocenters. The normalized spacial score (nSPS) is 28.1. The van der Waals surface area contributed by atoms with Crippen molar-refractivity contribution in [1.82, 2.24) is 0 Å². The molecule has 0 amide bonds. The molecular weight excluding hydrogens is 240 g/mol. The number of ether oxygens (including phenoxy) is 2. The molecule has 1 aliphatic rings. The maximum absolute atomic E-state index is 5.93. The molecule has 0 aliphatic carbocycles. The van der Waals surface area contributed by atoms with E-state index in [4.69, 9.17) is 18.3 Å². The van der Waals surface area contributed by atoms with Gasteiger partial charge in [-0.2, -0.15) is 0 Å². The Kier molecular flexibility index (Phi) is 4.73. The van der Waals surface area contributed by atoms with Crippen molar-refractivity contribution in [1.29, 1.82) is 0 Å². The quantitative estimate of drug-likeness (QED) is 0.731. The first kappa shape index (κ1) is 14.3. The van der Waals surface area contributed by atoms with Crippen molar-refractivity contribution in [2.24, 2.45) is 0 Å². The van der Waals surface area contributed by atoms with E-state index >= 15 is 0 Å². The topological polar surface area (TPSA) is 36.9 Å². The second-order valence-electron chi connectivity index (χ2n) is 5.94. The van der Waals surface area contributed by atoms with Gasteiger partial charge in [0.05, 0.1) is 13.2 Å². The van der Waals surface area contributed by atoms with Crippen LogP contribution in [0, 0.1) is 0 Å². The second kappa shape index (κ2) is 5.28. The summed E-state index contributed by atoms with van der Waals surface area (Å²) in [5, 5.41) is 0. The van der Waals surface area contributed by atoms with Crippen molar-refractivity contribution in [3.05, 3.63) is 0 Å². The molecule has 6 heteroatoms. The van der Waals surface area contributed by atoms with Gasteiger partial charge in [-0.25, -0.2) is 0 Å². The molecule has 0 aromatic rings. The molecule has 1 aliphatic heterocycles. The Hall–Kier alpha value is 0.274. The first-order valence-electron chi connectivity index (χ1n) is 5.76. The Morgan fingerprint density at radius 3 is 1.31 bits per heavy atom. The summed E-state index contributed by atoms with van der Waals surface area (Å²) in [5.74, 6) is 0. The Labute approximate surface area is 100 Å². The van der Waals surface area contributed by atoms with Crippen LogP contribution in [0.3, 0.4) is 0 Å². The van der Waals surface area contributed by atoms with Crippen LogP contribution in [0.15, 0.2) is 0 Å². The Morgan fingerprint density at radius 1 is 0.750 bits per heavy atom. The van der Waals surface area contributed by atoms with Gasteiger partial charge in [0.2, 0.25) is 0 Å². The molecule has 0 saturated carbocycles. The molecule has 0 N–H and O–H groups in total. The molecule has 1 saturated heterocycles. The molecule has 1 rings (SSSR count). The molecular formula is C10H24O4Si2. The summed E-state index contributed by atoms with van der Waals surface area (Å²) < 4.78 is 23.0. The van der Waals surface area contributed by atoms with E-state index in [2.05, 4.69) is 39.3 Å². The zero-order chi connectivity index (χ0) is 12.4. The third kappa shape index (κ3) is 5.56. The second-order valence-corrected chi connectivity index (χ2v) is 14.9. The summed E-state index contributed by atoms with van der Waals surface area (Å²) in [7, 11) is -3.26. The molecule has 0 radical (unpaired) electrons. The Balaban J connectivity index is 2.57. The summed E-state index contributed by atoms with van der Waals surface area (Å²) in [6.07, 6.45) is -0.709. The zero-order valence-electron chi connectivity index (χ0n) is 11.2. The van der Waals surface area contributed by atoms with Gasteiger partial charge in [0.15, 0.2) is 29.2 Å². The smallest absolute Gasteiger partial charge is 0.199 e. The highest BCUT2D eigenvalue weighted by molar-refractivity contribution is 6.70. The lowest BCUT2D eigenvalue weighted by molar-refractivity contribution is -0.277. The Morgan fingerprint density at radius 2 is 1.06 bits per heavy atom. The van der Waals surface area contributed by atoms with E-state index in [-0.39, 0.29) is 12.6 Å². The van der Waals surface area contributed by atoms with Gasteiger partial charge in [-0.1, -0.05) is 0 Å². The van der Waals surface area contributed by atoms with E-state index in [9.17, 15) is 0 Å². The first-order chi connectivity index (χ1) is 7.17. The van der Waals surface area contributed by atoms with Gasteiger partial charge in [0, 0.05) is 0 Å². The lowest BCUT2D eigenvalue weighted by Crippen LogP contribution is -2.50. The van der Waals surface area contributed by atoms with E-state index in [1.165, 1.54) is 0 Å². The van der Waals surface area contributed by atoms with Gasteiger partial charge in [0.25, 0.3) is 0 Å². The third-order valence-corrected chi connectivity index (χ3v) is 3.69. The van der Waals surface area contributed by atoms with Crippen molar-refractivity contribution in [3.8, 4) is 0 Å². The Bertz CT molecular complexity index is 198. The molecule has 0 aromatic heterocycles. The number of rotatable bonds is 4. The van der Waals surface area contributed by atoms with Crippen molar-refractivity contribution in [2.75, 3.05) is 13.2 Å². The van der Waals surface area contributed by atoms with Crippen LogP contribution in [0.25, 0.3) is 0 Å². The van der Waals surface area contributed by atoms with Gasteiger partial charge in [-0.15, -0.1) is 0 Å². The van der Waals surface area contributed by atoms with Gasteiger partial charge >= 0.3 is 0 Å². The fraction of sp³-hybridized carbons (Fsp3) is 1.00. The third-order valence-electron chi connectivity index (χ3n) is 1.81. The molecule has 96 valence electrons. The summed E-state index contributed by atoms with van der Waals surface area (Å²) >= 11 is 0. The van der Waals surface area contributed by atoms with Crippen LogP contribution in [0.1, 0.15) is 0 Å². The maximum Gasteiger partial charge on any atom is 0.199 e. The minimum atomic E-state index is -1.63. The minimum Gasteiger partial charge on any atom is -0.389 e. The summed E-state index contributed by atoms with van der Waals surface area (Å²) in [5.41, 5.74) is 0. The van der Waals surface area contributed by atoms with E-state index in [0.717, 1.165) is 0 Å². The van der Waals surface area contributed by atoms with Crippen LogP contribution in [-0.4, -0.2) is 42.4 Å². The largest absolute Gasteiger partial charge is 0.389 e. The fourth-order valence-corrected chi connectivity index (χ4v) is 3.11. The van der Waals surface area contributed by atoms with Crippen LogP contribution < -0.4 is 0 Å². The SMILES string of the molecule is C[Si](C)(C)O[C@H]1OCCO[C@@H]1O[Si](C)(C)C. The monoisotopic (exact) mass is 264 g/mol.